The maximum absolute atomic E-state index is 12.1. The van der Waals surface area contributed by atoms with Gasteiger partial charge in [0.05, 0.1) is 12.7 Å². The van der Waals surface area contributed by atoms with Crippen LogP contribution in [0.4, 0.5) is 0 Å². The minimum Gasteiger partial charge on any atom is -0.405 e. The summed E-state index contributed by atoms with van der Waals surface area (Å²) in [6.07, 6.45) is 0.181. The van der Waals surface area contributed by atoms with Gasteiger partial charge in [0.25, 0.3) is 0 Å². The summed E-state index contributed by atoms with van der Waals surface area (Å²) in [6.45, 7) is 0.456. The normalized spacial score (nSPS) is 18.2. The Bertz CT molecular complexity index is 571. The van der Waals surface area contributed by atoms with Crippen LogP contribution in [0.1, 0.15) is 16.8 Å². The third-order valence-corrected chi connectivity index (χ3v) is 3.33. The number of ketones is 1. The van der Waals surface area contributed by atoms with Crippen molar-refractivity contribution in [3.63, 3.8) is 0 Å². The number of rotatable bonds is 4. The van der Waals surface area contributed by atoms with Crippen molar-refractivity contribution in [2.75, 3.05) is 6.61 Å². The van der Waals surface area contributed by atoms with Gasteiger partial charge < -0.3 is 9.31 Å². The minimum atomic E-state index is -0.357. The predicted octanol–water partition coefficient (Wildman–Crippen LogP) is 2.07. The molecule has 0 aliphatic carbocycles. The summed E-state index contributed by atoms with van der Waals surface area (Å²) in [6, 6.07) is 19.1. The van der Waals surface area contributed by atoms with Crippen molar-refractivity contribution in [1.29, 1.82) is 0 Å². The first-order chi connectivity index (χ1) is 9.83. The molecule has 0 amide bonds. The summed E-state index contributed by atoms with van der Waals surface area (Å²) in [5.74, 6) is 0.0907. The van der Waals surface area contributed by atoms with E-state index in [1.165, 1.54) is 0 Å². The van der Waals surface area contributed by atoms with E-state index < -0.39 is 0 Å². The van der Waals surface area contributed by atoms with E-state index in [4.69, 9.17) is 9.31 Å². The van der Waals surface area contributed by atoms with Crippen LogP contribution in [0, 0.1) is 0 Å². The van der Waals surface area contributed by atoms with Gasteiger partial charge in [-0.05, 0) is 5.46 Å². The molecule has 2 aromatic carbocycles. The highest BCUT2D eigenvalue weighted by Crippen LogP contribution is 2.15. The van der Waals surface area contributed by atoms with Gasteiger partial charge >= 0.3 is 7.12 Å². The van der Waals surface area contributed by atoms with Crippen LogP contribution in [0.25, 0.3) is 0 Å². The first-order valence-electron chi connectivity index (χ1n) is 6.73. The number of hydrogen-bond acceptors (Lipinski definition) is 3. The molecule has 1 heterocycles. The molecular weight excluding hydrogens is 251 g/mol. The molecule has 0 bridgehead atoms. The summed E-state index contributed by atoms with van der Waals surface area (Å²) in [7, 11) is -0.357. The highest BCUT2D eigenvalue weighted by atomic mass is 16.6. The molecule has 1 atom stereocenters. The Morgan fingerprint density at radius 1 is 1.05 bits per heavy atom. The lowest BCUT2D eigenvalue weighted by atomic mass is 9.79. The first-order valence-corrected chi connectivity index (χ1v) is 6.73. The molecule has 0 aromatic heterocycles. The summed E-state index contributed by atoms with van der Waals surface area (Å²) in [5.41, 5.74) is 1.71. The van der Waals surface area contributed by atoms with Crippen LogP contribution in [0.3, 0.4) is 0 Å². The molecule has 3 nitrogen and oxygen atoms in total. The fourth-order valence-electron chi connectivity index (χ4n) is 2.29. The summed E-state index contributed by atoms with van der Waals surface area (Å²) in [5, 5.41) is 0. The largest absolute Gasteiger partial charge is 0.494 e. The van der Waals surface area contributed by atoms with Gasteiger partial charge in [-0.15, -0.1) is 0 Å². The van der Waals surface area contributed by atoms with Crippen LogP contribution < -0.4 is 5.46 Å². The minimum absolute atomic E-state index is 0.0907. The highest BCUT2D eigenvalue weighted by molar-refractivity contribution is 6.61. The fraction of sp³-hybridized carbons (Fsp3) is 0.188. The van der Waals surface area contributed by atoms with E-state index in [1.807, 2.05) is 60.7 Å². The van der Waals surface area contributed by atoms with Crippen LogP contribution in [0.2, 0.25) is 0 Å². The summed E-state index contributed by atoms with van der Waals surface area (Å²) in [4.78, 5) is 12.1. The van der Waals surface area contributed by atoms with Crippen LogP contribution in [-0.2, 0) is 9.31 Å². The molecular formula is C16H15BO3. The maximum atomic E-state index is 12.1. The average molecular weight is 266 g/mol. The second-order valence-electron chi connectivity index (χ2n) is 4.83. The smallest absolute Gasteiger partial charge is 0.405 e. The van der Waals surface area contributed by atoms with Crippen molar-refractivity contribution in [3.8, 4) is 0 Å². The van der Waals surface area contributed by atoms with Crippen LogP contribution in [-0.4, -0.2) is 25.6 Å². The van der Waals surface area contributed by atoms with Crippen LogP contribution in [0.15, 0.2) is 60.7 Å². The van der Waals surface area contributed by atoms with Crippen molar-refractivity contribution in [2.24, 2.45) is 0 Å². The summed E-state index contributed by atoms with van der Waals surface area (Å²) < 4.78 is 11.4. The quantitative estimate of drug-likeness (QED) is 0.627. The number of carbonyl (C=O) groups excluding carboxylic acids is 1. The molecule has 2 aromatic rings. The zero-order valence-corrected chi connectivity index (χ0v) is 11.1. The van der Waals surface area contributed by atoms with E-state index in [1.54, 1.807) is 0 Å². The summed E-state index contributed by atoms with van der Waals surface area (Å²) >= 11 is 0. The van der Waals surface area contributed by atoms with Crippen LogP contribution >= 0.6 is 0 Å². The average Bonchev–Trinajstić information content (AvgIpc) is 2.97. The molecule has 20 heavy (non-hydrogen) atoms. The third-order valence-electron chi connectivity index (χ3n) is 3.33. The fourth-order valence-corrected chi connectivity index (χ4v) is 2.29. The van der Waals surface area contributed by atoms with Crippen molar-refractivity contribution in [2.45, 2.75) is 12.5 Å². The van der Waals surface area contributed by atoms with Crippen LogP contribution in [0.5, 0.6) is 0 Å². The molecule has 1 fully saturated rings. The van der Waals surface area contributed by atoms with Crippen molar-refractivity contribution >= 4 is 18.4 Å². The lowest BCUT2D eigenvalue weighted by Crippen LogP contribution is -2.32. The predicted molar refractivity (Wildman–Crippen MR) is 78.0 cm³/mol. The Morgan fingerprint density at radius 2 is 1.70 bits per heavy atom. The monoisotopic (exact) mass is 266 g/mol. The lowest BCUT2D eigenvalue weighted by molar-refractivity contribution is 0.0922. The van der Waals surface area contributed by atoms with Gasteiger partial charge in [-0.3, -0.25) is 4.79 Å². The molecule has 1 saturated heterocycles. The molecule has 0 spiro atoms. The Morgan fingerprint density at radius 3 is 2.40 bits per heavy atom. The number of Topliss-reactive ketones (excluding diaryl/α,β-unsaturated/α-hetero) is 1. The molecule has 1 aliphatic rings. The Balaban J connectivity index is 1.60. The second-order valence-corrected chi connectivity index (χ2v) is 4.83. The first kappa shape index (κ1) is 13.1. The zero-order valence-electron chi connectivity index (χ0n) is 11.1. The van der Waals surface area contributed by atoms with Gasteiger partial charge in [-0.25, -0.2) is 0 Å². The van der Waals surface area contributed by atoms with Crippen molar-refractivity contribution in [1.82, 2.24) is 0 Å². The van der Waals surface area contributed by atoms with Gasteiger partial charge in [-0.2, -0.15) is 0 Å². The molecule has 100 valence electrons. The maximum Gasteiger partial charge on any atom is 0.494 e. The Labute approximate surface area is 118 Å². The Kier molecular flexibility index (Phi) is 3.95. The van der Waals surface area contributed by atoms with E-state index in [9.17, 15) is 4.79 Å². The molecule has 4 heteroatoms. The lowest BCUT2D eigenvalue weighted by Gasteiger charge is -2.09. The van der Waals surface area contributed by atoms with Gasteiger partial charge in [0.1, 0.15) is 0 Å². The number of benzene rings is 2. The van der Waals surface area contributed by atoms with Gasteiger partial charge in [0.15, 0.2) is 5.78 Å². The SMILES string of the molecule is O=C(CC1COB(c2ccccc2)O1)c1ccccc1. The van der Waals surface area contributed by atoms with E-state index >= 15 is 0 Å². The molecule has 0 N–H and O–H groups in total. The standard InChI is InChI=1S/C16H15BO3/c18-16(13-7-3-1-4-8-13)11-15-12-19-17(20-15)14-9-5-2-6-10-14/h1-10,15H,11-12H2. The molecule has 1 unspecified atom stereocenters. The number of hydrogen-bond donors (Lipinski definition) is 0. The number of carbonyl (C=O) groups is 1. The zero-order chi connectivity index (χ0) is 13.8. The van der Waals surface area contributed by atoms with Crippen molar-refractivity contribution < 1.29 is 14.1 Å². The topological polar surface area (TPSA) is 35.5 Å². The molecule has 0 radical (unpaired) electrons. The molecule has 1 aliphatic heterocycles. The Hall–Kier alpha value is -1.91. The molecule has 3 rings (SSSR count). The van der Waals surface area contributed by atoms with E-state index in [-0.39, 0.29) is 19.0 Å². The van der Waals surface area contributed by atoms with Gasteiger partial charge in [0.2, 0.25) is 0 Å². The van der Waals surface area contributed by atoms with E-state index in [0.717, 1.165) is 11.0 Å². The highest BCUT2D eigenvalue weighted by Gasteiger charge is 2.33. The second kappa shape index (κ2) is 6.03. The van der Waals surface area contributed by atoms with Gasteiger partial charge in [0, 0.05) is 12.0 Å². The van der Waals surface area contributed by atoms with Crippen molar-refractivity contribution in [3.05, 3.63) is 66.2 Å². The molecule has 0 saturated carbocycles. The third kappa shape index (κ3) is 2.98. The van der Waals surface area contributed by atoms with Gasteiger partial charge in [-0.1, -0.05) is 60.7 Å². The van der Waals surface area contributed by atoms with E-state index in [0.29, 0.717) is 13.0 Å². The van der Waals surface area contributed by atoms with E-state index in [2.05, 4.69) is 0 Å².